The minimum Gasteiger partial charge on any atom is -0.393 e. The molecule has 5 heteroatoms. The van der Waals surface area contributed by atoms with Gasteiger partial charge in [-0.3, -0.25) is 9.59 Å². The van der Waals surface area contributed by atoms with Crippen molar-refractivity contribution >= 4 is 11.8 Å². The van der Waals surface area contributed by atoms with E-state index in [0.717, 1.165) is 12.8 Å². The minimum atomic E-state index is -0.427. The number of aliphatic hydroxyl groups excluding tert-OH is 1. The zero-order valence-corrected chi connectivity index (χ0v) is 11.6. The average molecular weight is 276 g/mol. The number of carbonyl (C=O) groups excluding carboxylic acids is 2. The first-order valence-electron chi connectivity index (χ1n) is 6.93. The van der Waals surface area contributed by atoms with Gasteiger partial charge in [-0.05, 0) is 50.5 Å². The molecule has 0 aromatic heterocycles. The van der Waals surface area contributed by atoms with Crippen molar-refractivity contribution in [2.45, 2.75) is 38.3 Å². The summed E-state index contributed by atoms with van der Waals surface area (Å²) in [6.45, 7) is 2.11. The van der Waals surface area contributed by atoms with E-state index in [1.54, 1.807) is 31.2 Å². The molecule has 1 aliphatic rings. The SMILES string of the molecule is CC(O)CCNC(=O)c1ccc(C(=O)NC2CC2)cc1. The number of amides is 2. The molecule has 20 heavy (non-hydrogen) atoms. The normalized spacial score (nSPS) is 15.5. The van der Waals surface area contributed by atoms with E-state index in [4.69, 9.17) is 5.11 Å². The van der Waals surface area contributed by atoms with Crippen molar-refractivity contribution in [3.63, 3.8) is 0 Å². The van der Waals surface area contributed by atoms with Gasteiger partial charge in [-0.2, -0.15) is 0 Å². The standard InChI is InChI=1S/C15H20N2O3/c1-10(18)8-9-16-14(19)11-2-4-12(5-3-11)15(20)17-13-6-7-13/h2-5,10,13,18H,6-9H2,1H3,(H,16,19)(H,17,20). The van der Waals surface area contributed by atoms with Gasteiger partial charge in [0.2, 0.25) is 0 Å². The highest BCUT2D eigenvalue weighted by Crippen LogP contribution is 2.19. The molecule has 0 spiro atoms. The lowest BCUT2D eigenvalue weighted by molar-refractivity contribution is 0.0935. The molecule has 1 aliphatic carbocycles. The van der Waals surface area contributed by atoms with E-state index in [9.17, 15) is 9.59 Å². The van der Waals surface area contributed by atoms with Gasteiger partial charge >= 0.3 is 0 Å². The maximum Gasteiger partial charge on any atom is 0.251 e. The fourth-order valence-electron chi connectivity index (χ4n) is 1.77. The molecule has 1 aromatic rings. The topological polar surface area (TPSA) is 78.4 Å². The molecule has 2 rings (SSSR count). The van der Waals surface area contributed by atoms with E-state index < -0.39 is 6.10 Å². The van der Waals surface area contributed by atoms with Crippen LogP contribution in [-0.4, -0.2) is 35.6 Å². The molecule has 1 aromatic carbocycles. The number of benzene rings is 1. The highest BCUT2D eigenvalue weighted by Gasteiger charge is 2.23. The Labute approximate surface area is 118 Å². The van der Waals surface area contributed by atoms with Gasteiger partial charge in [0.1, 0.15) is 0 Å². The Hall–Kier alpha value is -1.88. The van der Waals surface area contributed by atoms with Gasteiger partial charge in [-0.1, -0.05) is 0 Å². The summed E-state index contributed by atoms with van der Waals surface area (Å²) in [5.74, 6) is -0.284. The number of carbonyl (C=O) groups is 2. The fourth-order valence-corrected chi connectivity index (χ4v) is 1.77. The van der Waals surface area contributed by atoms with Crippen molar-refractivity contribution in [3.8, 4) is 0 Å². The Morgan fingerprint density at radius 2 is 1.75 bits per heavy atom. The van der Waals surface area contributed by atoms with Crippen LogP contribution in [0.1, 0.15) is 46.9 Å². The van der Waals surface area contributed by atoms with Crippen molar-refractivity contribution in [2.75, 3.05) is 6.54 Å². The third-order valence-corrected chi connectivity index (χ3v) is 3.17. The minimum absolute atomic E-state index is 0.0893. The number of hydrogen-bond donors (Lipinski definition) is 3. The van der Waals surface area contributed by atoms with Crippen LogP contribution >= 0.6 is 0 Å². The maximum atomic E-state index is 11.8. The lowest BCUT2D eigenvalue weighted by atomic mass is 10.1. The van der Waals surface area contributed by atoms with E-state index in [1.165, 1.54) is 0 Å². The van der Waals surface area contributed by atoms with E-state index in [0.29, 0.717) is 30.1 Å². The Balaban J connectivity index is 1.86. The lowest BCUT2D eigenvalue weighted by Gasteiger charge is -2.07. The zero-order chi connectivity index (χ0) is 14.5. The number of aliphatic hydroxyl groups is 1. The van der Waals surface area contributed by atoms with Crippen LogP contribution < -0.4 is 10.6 Å². The van der Waals surface area contributed by atoms with Crippen LogP contribution in [0.25, 0.3) is 0 Å². The molecule has 1 fully saturated rings. The second-order valence-electron chi connectivity index (χ2n) is 5.22. The van der Waals surface area contributed by atoms with Crippen LogP contribution in [0.3, 0.4) is 0 Å². The molecule has 0 aliphatic heterocycles. The molecule has 108 valence electrons. The highest BCUT2D eigenvalue weighted by molar-refractivity contribution is 5.97. The van der Waals surface area contributed by atoms with E-state index in [2.05, 4.69) is 10.6 Å². The number of hydrogen-bond acceptors (Lipinski definition) is 3. The average Bonchev–Trinajstić information content (AvgIpc) is 3.22. The highest BCUT2D eigenvalue weighted by atomic mass is 16.3. The number of nitrogens with one attached hydrogen (secondary N) is 2. The van der Waals surface area contributed by atoms with Gasteiger partial charge in [0.15, 0.2) is 0 Å². The second-order valence-corrected chi connectivity index (χ2v) is 5.22. The van der Waals surface area contributed by atoms with Gasteiger partial charge in [0.05, 0.1) is 6.10 Å². The van der Waals surface area contributed by atoms with Crippen LogP contribution in [0.2, 0.25) is 0 Å². The number of rotatable bonds is 6. The van der Waals surface area contributed by atoms with Crippen molar-refractivity contribution in [2.24, 2.45) is 0 Å². The summed E-state index contributed by atoms with van der Waals surface area (Å²) in [7, 11) is 0. The first-order chi connectivity index (χ1) is 9.56. The molecule has 0 heterocycles. The van der Waals surface area contributed by atoms with Gasteiger partial charge < -0.3 is 15.7 Å². The van der Waals surface area contributed by atoms with Crippen molar-refractivity contribution in [3.05, 3.63) is 35.4 Å². The van der Waals surface area contributed by atoms with Gasteiger partial charge in [-0.25, -0.2) is 0 Å². The quantitative estimate of drug-likeness (QED) is 0.727. The van der Waals surface area contributed by atoms with Gasteiger partial charge in [0.25, 0.3) is 11.8 Å². The van der Waals surface area contributed by atoms with Gasteiger partial charge in [0, 0.05) is 23.7 Å². The van der Waals surface area contributed by atoms with Crippen molar-refractivity contribution < 1.29 is 14.7 Å². The molecule has 3 N–H and O–H groups in total. The van der Waals surface area contributed by atoms with Crippen LogP contribution in [-0.2, 0) is 0 Å². The Morgan fingerprint density at radius 3 is 2.25 bits per heavy atom. The largest absolute Gasteiger partial charge is 0.393 e. The van der Waals surface area contributed by atoms with Gasteiger partial charge in [-0.15, -0.1) is 0 Å². The summed E-state index contributed by atoms with van der Waals surface area (Å²) in [4.78, 5) is 23.6. The Morgan fingerprint density at radius 1 is 1.20 bits per heavy atom. The first kappa shape index (κ1) is 14.5. The molecule has 0 radical (unpaired) electrons. The van der Waals surface area contributed by atoms with E-state index >= 15 is 0 Å². The van der Waals surface area contributed by atoms with Crippen LogP contribution in [0, 0.1) is 0 Å². The summed E-state index contributed by atoms with van der Waals surface area (Å²) in [6.07, 6.45) is 2.20. The van der Waals surface area contributed by atoms with Crippen molar-refractivity contribution in [1.29, 1.82) is 0 Å². The second kappa shape index (κ2) is 6.52. The molecule has 1 saturated carbocycles. The third kappa shape index (κ3) is 4.35. The smallest absolute Gasteiger partial charge is 0.251 e. The first-order valence-corrected chi connectivity index (χ1v) is 6.93. The third-order valence-electron chi connectivity index (χ3n) is 3.17. The summed E-state index contributed by atoms with van der Waals surface area (Å²) >= 11 is 0. The van der Waals surface area contributed by atoms with E-state index in [-0.39, 0.29) is 11.8 Å². The Bertz CT molecular complexity index is 478. The fraction of sp³-hybridized carbons (Fsp3) is 0.467. The molecular weight excluding hydrogens is 256 g/mol. The predicted octanol–water partition coefficient (Wildman–Crippen LogP) is 1.08. The molecule has 1 atom stereocenters. The molecule has 5 nitrogen and oxygen atoms in total. The van der Waals surface area contributed by atoms with Crippen LogP contribution in [0.15, 0.2) is 24.3 Å². The summed E-state index contributed by atoms with van der Waals surface area (Å²) in [5.41, 5.74) is 1.08. The predicted molar refractivity (Wildman–Crippen MR) is 75.6 cm³/mol. The molecule has 0 saturated heterocycles. The van der Waals surface area contributed by atoms with Crippen LogP contribution in [0.4, 0.5) is 0 Å². The molecule has 0 bridgehead atoms. The zero-order valence-electron chi connectivity index (χ0n) is 11.6. The van der Waals surface area contributed by atoms with Crippen LogP contribution in [0.5, 0.6) is 0 Å². The molecule has 2 amide bonds. The Kier molecular flexibility index (Phi) is 4.74. The lowest BCUT2D eigenvalue weighted by Crippen LogP contribution is -2.27. The van der Waals surface area contributed by atoms with Crippen molar-refractivity contribution in [1.82, 2.24) is 10.6 Å². The molecule has 1 unspecified atom stereocenters. The van der Waals surface area contributed by atoms with E-state index in [1.807, 2.05) is 0 Å². The monoisotopic (exact) mass is 276 g/mol. The summed E-state index contributed by atoms with van der Waals surface area (Å²) < 4.78 is 0. The molecular formula is C15H20N2O3. The maximum absolute atomic E-state index is 11.8. The summed E-state index contributed by atoms with van der Waals surface area (Å²) in [6, 6.07) is 6.91. The summed E-state index contributed by atoms with van der Waals surface area (Å²) in [5, 5.41) is 14.7.